The Morgan fingerprint density at radius 3 is 2.59 bits per heavy atom. The van der Waals surface area contributed by atoms with Crippen LogP contribution in [0.25, 0.3) is 0 Å². The van der Waals surface area contributed by atoms with E-state index in [1.54, 1.807) is 6.08 Å². The van der Waals surface area contributed by atoms with E-state index in [1.165, 1.54) is 6.07 Å². The Morgan fingerprint density at radius 2 is 2.12 bits per heavy atom. The molecular weight excluding hydrogens is 229 g/mol. The maximum Gasteiger partial charge on any atom is 0.416 e. The van der Waals surface area contributed by atoms with E-state index in [2.05, 4.69) is 11.9 Å². The molecule has 5 heteroatoms. The summed E-state index contributed by atoms with van der Waals surface area (Å²) in [7, 11) is 0. The molecule has 0 aromatic heterocycles. The number of rotatable bonds is 4. The lowest BCUT2D eigenvalue weighted by Crippen LogP contribution is -2.15. The molecule has 1 atom stereocenters. The minimum atomic E-state index is -4.36. The van der Waals surface area contributed by atoms with Gasteiger partial charge in [-0.15, -0.1) is 6.58 Å². The second-order valence-corrected chi connectivity index (χ2v) is 3.87. The SMILES string of the molecule is C=CCC(C)Nc1ccc(C(F)(F)F)cc1N. The molecule has 17 heavy (non-hydrogen) atoms. The first-order valence-corrected chi connectivity index (χ1v) is 5.18. The molecule has 0 heterocycles. The number of anilines is 2. The summed E-state index contributed by atoms with van der Waals surface area (Å²) in [5.41, 5.74) is 5.44. The van der Waals surface area contributed by atoms with Gasteiger partial charge in [-0.25, -0.2) is 0 Å². The zero-order valence-corrected chi connectivity index (χ0v) is 9.51. The van der Waals surface area contributed by atoms with Gasteiger partial charge in [0.2, 0.25) is 0 Å². The highest BCUT2D eigenvalue weighted by Gasteiger charge is 2.30. The van der Waals surface area contributed by atoms with Crippen molar-refractivity contribution in [3.63, 3.8) is 0 Å². The van der Waals surface area contributed by atoms with Crippen LogP contribution in [0, 0.1) is 0 Å². The van der Waals surface area contributed by atoms with Crippen molar-refractivity contribution in [2.75, 3.05) is 11.1 Å². The molecule has 0 amide bonds. The van der Waals surface area contributed by atoms with Crippen molar-refractivity contribution < 1.29 is 13.2 Å². The summed E-state index contributed by atoms with van der Waals surface area (Å²) in [6, 6.07) is 3.37. The fraction of sp³-hybridized carbons (Fsp3) is 0.333. The zero-order chi connectivity index (χ0) is 13.1. The second kappa shape index (κ2) is 5.12. The van der Waals surface area contributed by atoms with Crippen LogP contribution in [-0.2, 0) is 6.18 Å². The molecule has 0 spiro atoms. The van der Waals surface area contributed by atoms with Gasteiger partial charge in [0.15, 0.2) is 0 Å². The van der Waals surface area contributed by atoms with Crippen molar-refractivity contribution in [1.29, 1.82) is 0 Å². The Balaban J connectivity index is 2.87. The van der Waals surface area contributed by atoms with Gasteiger partial charge >= 0.3 is 6.18 Å². The average Bonchev–Trinajstić information content (AvgIpc) is 2.20. The lowest BCUT2D eigenvalue weighted by Gasteiger charge is -2.16. The molecule has 1 rings (SSSR count). The summed E-state index contributed by atoms with van der Waals surface area (Å²) in [6.07, 6.45) is -1.92. The van der Waals surface area contributed by atoms with Gasteiger partial charge in [-0.05, 0) is 31.5 Å². The molecule has 0 bridgehead atoms. The summed E-state index contributed by atoms with van der Waals surface area (Å²) in [6.45, 7) is 5.49. The molecule has 3 N–H and O–H groups in total. The summed E-state index contributed by atoms with van der Waals surface area (Å²) >= 11 is 0. The summed E-state index contributed by atoms with van der Waals surface area (Å²) in [4.78, 5) is 0. The molecule has 0 aliphatic heterocycles. The van der Waals surface area contributed by atoms with Gasteiger partial charge in [-0.3, -0.25) is 0 Å². The van der Waals surface area contributed by atoms with Gasteiger partial charge in [0.25, 0.3) is 0 Å². The maximum absolute atomic E-state index is 12.4. The number of nitrogen functional groups attached to an aromatic ring is 1. The lowest BCUT2D eigenvalue weighted by atomic mass is 10.1. The van der Waals surface area contributed by atoms with Crippen LogP contribution in [-0.4, -0.2) is 6.04 Å². The monoisotopic (exact) mass is 244 g/mol. The average molecular weight is 244 g/mol. The van der Waals surface area contributed by atoms with Gasteiger partial charge < -0.3 is 11.1 Å². The van der Waals surface area contributed by atoms with Gasteiger partial charge in [-0.1, -0.05) is 6.08 Å². The first kappa shape index (κ1) is 13.4. The number of nitrogens with two attached hydrogens (primary N) is 1. The molecule has 0 saturated carbocycles. The van der Waals surface area contributed by atoms with Gasteiger partial charge in [0.05, 0.1) is 16.9 Å². The van der Waals surface area contributed by atoms with Crippen LogP contribution in [0.15, 0.2) is 30.9 Å². The molecule has 0 aliphatic rings. The summed E-state index contributed by atoms with van der Waals surface area (Å²) in [5, 5.41) is 3.03. The van der Waals surface area contributed by atoms with Crippen LogP contribution in [0.1, 0.15) is 18.9 Å². The highest BCUT2D eigenvalue weighted by atomic mass is 19.4. The van der Waals surface area contributed by atoms with Crippen LogP contribution in [0.5, 0.6) is 0 Å². The fourth-order valence-corrected chi connectivity index (χ4v) is 1.44. The Bertz CT molecular complexity index is 399. The number of hydrogen-bond acceptors (Lipinski definition) is 2. The fourth-order valence-electron chi connectivity index (χ4n) is 1.44. The molecule has 0 fully saturated rings. The minimum absolute atomic E-state index is 0.0755. The number of alkyl halides is 3. The largest absolute Gasteiger partial charge is 0.416 e. The molecule has 1 aromatic rings. The molecule has 0 saturated heterocycles. The molecule has 1 unspecified atom stereocenters. The van der Waals surface area contributed by atoms with E-state index in [4.69, 9.17) is 5.73 Å². The predicted molar refractivity (Wildman–Crippen MR) is 63.8 cm³/mol. The Labute approximate surface area is 98.3 Å². The second-order valence-electron chi connectivity index (χ2n) is 3.87. The predicted octanol–water partition coefficient (Wildman–Crippen LogP) is 3.66. The van der Waals surface area contributed by atoms with Crippen molar-refractivity contribution in [2.45, 2.75) is 25.6 Å². The summed E-state index contributed by atoms with van der Waals surface area (Å²) < 4.78 is 37.2. The van der Waals surface area contributed by atoms with E-state index in [9.17, 15) is 13.2 Å². The molecular formula is C12H15F3N2. The number of halogens is 3. The molecule has 94 valence electrons. The van der Waals surface area contributed by atoms with E-state index in [-0.39, 0.29) is 11.7 Å². The number of hydrogen-bond donors (Lipinski definition) is 2. The summed E-state index contributed by atoms with van der Waals surface area (Å²) in [5.74, 6) is 0. The quantitative estimate of drug-likeness (QED) is 0.626. The molecule has 1 aromatic carbocycles. The van der Waals surface area contributed by atoms with Crippen LogP contribution in [0.4, 0.5) is 24.5 Å². The third kappa shape index (κ3) is 3.69. The van der Waals surface area contributed by atoms with E-state index in [0.717, 1.165) is 12.1 Å². The minimum Gasteiger partial charge on any atom is -0.397 e. The third-order valence-electron chi connectivity index (χ3n) is 2.30. The van der Waals surface area contributed by atoms with Crippen LogP contribution >= 0.6 is 0 Å². The van der Waals surface area contributed by atoms with Gasteiger partial charge in [-0.2, -0.15) is 13.2 Å². The Morgan fingerprint density at radius 1 is 1.47 bits per heavy atom. The lowest BCUT2D eigenvalue weighted by molar-refractivity contribution is -0.137. The highest BCUT2D eigenvalue weighted by Crippen LogP contribution is 2.33. The Hall–Kier alpha value is -1.65. The van der Waals surface area contributed by atoms with E-state index in [1.807, 2.05) is 6.92 Å². The maximum atomic E-state index is 12.4. The van der Waals surface area contributed by atoms with E-state index >= 15 is 0 Å². The zero-order valence-electron chi connectivity index (χ0n) is 9.51. The van der Waals surface area contributed by atoms with Crippen LogP contribution < -0.4 is 11.1 Å². The van der Waals surface area contributed by atoms with Crippen molar-refractivity contribution in [3.05, 3.63) is 36.4 Å². The number of benzene rings is 1. The van der Waals surface area contributed by atoms with Crippen LogP contribution in [0.3, 0.4) is 0 Å². The molecule has 0 radical (unpaired) electrons. The van der Waals surface area contributed by atoms with Crippen LogP contribution in [0.2, 0.25) is 0 Å². The van der Waals surface area contributed by atoms with E-state index in [0.29, 0.717) is 12.1 Å². The third-order valence-corrected chi connectivity index (χ3v) is 2.30. The smallest absolute Gasteiger partial charge is 0.397 e. The van der Waals surface area contributed by atoms with Crippen molar-refractivity contribution >= 4 is 11.4 Å². The normalized spacial score (nSPS) is 13.2. The molecule has 2 nitrogen and oxygen atoms in total. The van der Waals surface area contributed by atoms with Gasteiger partial charge in [0.1, 0.15) is 0 Å². The first-order chi connectivity index (χ1) is 7.84. The standard InChI is InChI=1S/C12H15F3N2/c1-3-4-8(2)17-11-6-5-9(7-10(11)16)12(13,14)15/h3,5-8,17H,1,4,16H2,2H3. The highest BCUT2D eigenvalue weighted by molar-refractivity contribution is 5.67. The topological polar surface area (TPSA) is 38.0 Å². The van der Waals surface area contributed by atoms with Crippen molar-refractivity contribution in [1.82, 2.24) is 0 Å². The first-order valence-electron chi connectivity index (χ1n) is 5.18. The molecule has 0 aliphatic carbocycles. The van der Waals surface area contributed by atoms with Crippen molar-refractivity contribution in [2.24, 2.45) is 0 Å². The number of nitrogens with one attached hydrogen (secondary N) is 1. The van der Waals surface area contributed by atoms with E-state index < -0.39 is 11.7 Å². The van der Waals surface area contributed by atoms with Crippen molar-refractivity contribution in [3.8, 4) is 0 Å². The van der Waals surface area contributed by atoms with Gasteiger partial charge in [0, 0.05) is 6.04 Å². The Kier molecular flexibility index (Phi) is 4.04.